The summed E-state index contributed by atoms with van der Waals surface area (Å²) in [4.78, 5) is 28.0. The van der Waals surface area contributed by atoms with E-state index in [4.69, 9.17) is 19.9 Å². The maximum atomic E-state index is 12.6. The molecule has 2 aliphatic heterocycles. The monoisotopic (exact) mass is 329 g/mol. The summed E-state index contributed by atoms with van der Waals surface area (Å²) < 4.78 is 16.1. The van der Waals surface area contributed by atoms with Crippen molar-refractivity contribution in [3.8, 4) is 0 Å². The summed E-state index contributed by atoms with van der Waals surface area (Å²) in [6, 6.07) is -0.241. The van der Waals surface area contributed by atoms with Gasteiger partial charge in [-0.3, -0.25) is 4.79 Å². The fourth-order valence-electron chi connectivity index (χ4n) is 2.65. The van der Waals surface area contributed by atoms with Crippen molar-refractivity contribution in [1.82, 2.24) is 9.80 Å². The van der Waals surface area contributed by atoms with Crippen LogP contribution in [0.4, 0.5) is 4.79 Å². The third-order valence-electron chi connectivity index (χ3n) is 3.78. The molecule has 0 aromatic carbocycles. The molecule has 0 bridgehead atoms. The van der Waals surface area contributed by atoms with Crippen LogP contribution in [0.1, 0.15) is 20.8 Å². The minimum atomic E-state index is -0.578. The van der Waals surface area contributed by atoms with Crippen molar-refractivity contribution in [2.24, 2.45) is 5.73 Å². The van der Waals surface area contributed by atoms with Crippen LogP contribution >= 0.6 is 0 Å². The maximum Gasteiger partial charge on any atom is 0.410 e. The summed E-state index contributed by atoms with van der Waals surface area (Å²) in [6.07, 6.45) is -0.953. The summed E-state index contributed by atoms with van der Waals surface area (Å²) in [6.45, 7) is 8.15. The second-order valence-corrected chi connectivity index (χ2v) is 6.78. The molecule has 2 heterocycles. The Hall–Kier alpha value is -1.38. The zero-order chi connectivity index (χ0) is 17.0. The topological polar surface area (TPSA) is 94.3 Å². The van der Waals surface area contributed by atoms with Crippen molar-refractivity contribution in [3.05, 3.63) is 0 Å². The molecule has 2 amide bonds. The smallest absolute Gasteiger partial charge is 0.410 e. The van der Waals surface area contributed by atoms with E-state index in [0.29, 0.717) is 32.8 Å². The van der Waals surface area contributed by atoms with Gasteiger partial charge in [0.1, 0.15) is 5.60 Å². The van der Waals surface area contributed by atoms with Crippen molar-refractivity contribution in [2.75, 3.05) is 46.0 Å². The molecule has 2 N–H and O–H groups in total. The highest BCUT2D eigenvalue weighted by Gasteiger charge is 2.37. The molecule has 2 rings (SSSR count). The van der Waals surface area contributed by atoms with Gasteiger partial charge in [-0.25, -0.2) is 4.79 Å². The minimum Gasteiger partial charge on any atom is -0.444 e. The number of nitrogens with zero attached hydrogens (tertiary/aromatic N) is 2. The molecule has 2 unspecified atom stereocenters. The lowest BCUT2D eigenvalue weighted by Crippen LogP contribution is -2.61. The Morgan fingerprint density at radius 1 is 1.26 bits per heavy atom. The van der Waals surface area contributed by atoms with Gasteiger partial charge < -0.3 is 29.7 Å². The molecule has 2 fully saturated rings. The van der Waals surface area contributed by atoms with E-state index in [2.05, 4.69) is 0 Å². The van der Waals surface area contributed by atoms with Crippen LogP contribution in [-0.4, -0.2) is 85.5 Å². The van der Waals surface area contributed by atoms with Crippen LogP contribution in [0, 0.1) is 0 Å². The predicted molar refractivity (Wildman–Crippen MR) is 82.9 cm³/mol. The molecule has 8 nitrogen and oxygen atoms in total. The molecule has 8 heteroatoms. The van der Waals surface area contributed by atoms with Gasteiger partial charge in [0.25, 0.3) is 5.91 Å². The van der Waals surface area contributed by atoms with Gasteiger partial charge in [0.15, 0.2) is 6.10 Å². The van der Waals surface area contributed by atoms with Crippen molar-refractivity contribution < 1.29 is 23.8 Å². The molecule has 2 aliphatic rings. The lowest BCUT2D eigenvalue weighted by atomic mass is 10.1. The largest absolute Gasteiger partial charge is 0.444 e. The molecular weight excluding hydrogens is 302 g/mol. The Kier molecular flexibility index (Phi) is 5.83. The molecule has 0 aromatic heterocycles. The number of amides is 2. The van der Waals surface area contributed by atoms with Gasteiger partial charge in [-0.1, -0.05) is 0 Å². The summed E-state index contributed by atoms with van der Waals surface area (Å²) in [5.74, 6) is -0.121. The third-order valence-corrected chi connectivity index (χ3v) is 3.78. The van der Waals surface area contributed by atoms with Crippen LogP contribution in [0.15, 0.2) is 0 Å². The van der Waals surface area contributed by atoms with Crippen LogP contribution in [-0.2, 0) is 19.0 Å². The van der Waals surface area contributed by atoms with Crippen LogP contribution in [0.2, 0.25) is 0 Å². The highest BCUT2D eigenvalue weighted by Crippen LogP contribution is 2.17. The molecule has 0 saturated carbocycles. The van der Waals surface area contributed by atoms with E-state index in [1.807, 2.05) is 20.8 Å². The van der Waals surface area contributed by atoms with Gasteiger partial charge in [-0.15, -0.1) is 0 Å². The number of ether oxygens (including phenoxy) is 3. The number of nitrogens with two attached hydrogens (primary N) is 1. The van der Waals surface area contributed by atoms with Crippen LogP contribution in [0.25, 0.3) is 0 Å². The van der Waals surface area contributed by atoms with Gasteiger partial charge in [-0.2, -0.15) is 0 Å². The molecule has 0 spiro atoms. The summed E-state index contributed by atoms with van der Waals surface area (Å²) in [5.41, 5.74) is 5.26. The van der Waals surface area contributed by atoms with Crippen molar-refractivity contribution in [2.45, 2.75) is 38.5 Å². The number of carbonyl (C=O) groups is 2. The highest BCUT2D eigenvalue weighted by molar-refractivity contribution is 5.82. The molecular formula is C15H27N3O5. The second-order valence-electron chi connectivity index (χ2n) is 6.78. The number of hydrogen-bond acceptors (Lipinski definition) is 6. The average Bonchev–Trinajstić information content (AvgIpc) is 2.52. The van der Waals surface area contributed by atoms with Crippen LogP contribution in [0.5, 0.6) is 0 Å². The molecule has 0 aliphatic carbocycles. The Bertz CT molecular complexity index is 431. The van der Waals surface area contributed by atoms with Crippen molar-refractivity contribution >= 4 is 12.0 Å². The van der Waals surface area contributed by atoms with E-state index >= 15 is 0 Å². The third kappa shape index (κ3) is 4.79. The first-order valence-corrected chi connectivity index (χ1v) is 7.99. The van der Waals surface area contributed by atoms with Gasteiger partial charge in [0.05, 0.1) is 25.9 Å². The van der Waals surface area contributed by atoms with E-state index in [9.17, 15) is 9.59 Å². The average molecular weight is 329 g/mol. The van der Waals surface area contributed by atoms with Gasteiger partial charge >= 0.3 is 6.09 Å². The van der Waals surface area contributed by atoms with Crippen LogP contribution < -0.4 is 5.73 Å². The Morgan fingerprint density at radius 2 is 2.00 bits per heavy atom. The number of piperazine rings is 1. The maximum absolute atomic E-state index is 12.6. The lowest BCUT2D eigenvalue weighted by Gasteiger charge is -2.42. The first kappa shape index (κ1) is 18.0. The Balaban J connectivity index is 1.95. The summed E-state index contributed by atoms with van der Waals surface area (Å²) in [7, 11) is 0. The molecule has 2 saturated heterocycles. The molecule has 0 radical (unpaired) electrons. The van der Waals surface area contributed by atoms with Gasteiger partial charge in [-0.05, 0) is 20.8 Å². The molecule has 0 aromatic rings. The van der Waals surface area contributed by atoms with E-state index < -0.39 is 11.7 Å². The first-order valence-electron chi connectivity index (χ1n) is 7.99. The van der Waals surface area contributed by atoms with E-state index in [0.717, 1.165) is 0 Å². The van der Waals surface area contributed by atoms with Crippen molar-refractivity contribution in [1.29, 1.82) is 0 Å². The molecule has 2 atom stereocenters. The van der Waals surface area contributed by atoms with Crippen LogP contribution in [0.3, 0.4) is 0 Å². The molecule has 132 valence electrons. The van der Waals surface area contributed by atoms with E-state index in [1.165, 1.54) is 0 Å². The quantitative estimate of drug-likeness (QED) is 0.754. The standard InChI is InChI=1S/C15H27N3O5/c1-15(2,3)23-14(20)17-4-5-18(11(8-16)9-17)13(19)12-10-21-6-7-22-12/h11-12H,4-10,16H2,1-3H3. The van der Waals surface area contributed by atoms with Gasteiger partial charge in [0.2, 0.25) is 0 Å². The normalized spacial score (nSPS) is 26.1. The Morgan fingerprint density at radius 3 is 2.57 bits per heavy atom. The molecule has 23 heavy (non-hydrogen) atoms. The lowest BCUT2D eigenvalue weighted by molar-refractivity contribution is -0.162. The minimum absolute atomic E-state index is 0.121. The fraction of sp³-hybridized carbons (Fsp3) is 0.867. The second kappa shape index (κ2) is 7.46. The fourth-order valence-corrected chi connectivity index (χ4v) is 2.65. The first-order chi connectivity index (χ1) is 10.8. The summed E-state index contributed by atoms with van der Waals surface area (Å²) >= 11 is 0. The van der Waals surface area contributed by atoms with Gasteiger partial charge in [0, 0.05) is 26.2 Å². The van der Waals surface area contributed by atoms with Crippen molar-refractivity contribution in [3.63, 3.8) is 0 Å². The highest BCUT2D eigenvalue weighted by atomic mass is 16.6. The Labute approximate surface area is 136 Å². The predicted octanol–water partition coefficient (Wildman–Crippen LogP) is -0.192. The SMILES string of the molecule is CC(C)(C)OC(=O)N1CCN(C(=O)C2COCCO2)C(CN)C1. The van der Waals surface area contributed by atoms with E-state index in [-0.39, 0.29) is 31.2 Å². The zero-order valence-electron chi connectivity index (χ0n) is 14.1. The zero-order valence-corrected chi connectivity index (χ0v) is 14.1. The number of hydrogen-bond donors (Lipinski definition) is 1. The number of rotatable bonds is 2. The van der Waals surface area contributed by atoms with E-state index in [1.54, 1.807) is 9.80 Å². The summed E-state index contributed by atoms with van der Waals surface area (Å²) in [5, 5.41) is 0. The number of carbonyl (C=O) groups excluding carboxylic acids is 2.